The second kappa shape index (κ2) is 11.9. The summed E-state index contributed by atoms with van der Waals surface area (Å²) in [5.41, 5.74) is 4.72. The highest BCUT2D eigenvalue weighted by Gasteiger charge is 2.25. The van der Waals surface area contributed by atoms with Crippen molar-refractivity contribution in [2.75, 3.05) is 7.11 Å². The molecule has 0 saturated carbocycles. The molecule has 0 radical (unpaired) electrons. The topological polar surface area (TPSA) is 56.6 Å². The number of rotatable bonds is 9. The first kappa shape index (κ1) is 26.7. The Balaban J connectivity index is 1.59. The van der Waals surface area contributed by atoms with Gasteiger partial charge in [-0.3, -0.25) is 4.79 Å². The van der Waals surface area contributed by atoms with Gasteiger partial charge in [-0.15, -0.1) is 0 Å². The third kappa shape index (κ3) is 5.89. The van der Waals surface area contributed by atoms with Crippen LogP contribution in [0.5, 0.6) is 17.4 Å². The van der Waals surface area contributed by atoms with Crippen LogP contribution in [0.1, 0.15) is 32.7 Å². The van der Waals surface area contributed by atoms with Crippen molar-refractivity contribution in [1.29, 1.82) is 0 Å². The van der Waals surface area contributed by atoms with Crippen molar-refractivity contribution in [3.05, 3.63) is 137 Å². The van der Waals surface area contributed by atoms with Crippen LogP contribution in [0.25, 0.3) is 5.69 Å². The van der Waals surface area contributed by atoms with Crippen LogP contribution in [0, 0.1) is 19.7 Å². The summed E-state index contributed by atoms with van der Waals surface area (Å²) in [7, 11) is 1.59. The summed E-state index contributed by atoms with van der Waals surface area (Å²) in [5.74, 6) is 1.10. The first-order valence-electron chi connectivity index (χ1n) is 13.0. The summed E-state index contributed by atoms with van der Waals surface area (Å²) in [4.78, 5) is 15.6. The number of carbonyl (C=O) groups excluding carboxylic acids is 1. The summed E-state index contributed by atoms with van der Waals surface area (Å²) < 4.78 is 27.4. The van der Waals surface area contributed by atoms with E-state index in [1.165, 1.54) is 12.1 Å². The van der Waals surface area contributed by atoms with Crippen LogP contribution in [0.3, 0.4) is 0 Å². The number of hydrogen-bond donors (Lipinski definition) is 0. The predicted octanol–water partition coefficient (Wildman–Crippen LogP) is 7.27. The van der Waals surface area contributed by atoms with Gasteiger partial charge in [-0.25, -0.2) is 9.07 Å². The molecule has 0 saturated heterocycles. The fourth-order valence-electron chi connectivity index (χ4n) is 4.46. The van der Waals surface area contributed by atoms with E-state index in [0.29, 0.717) is 22.9 Å². The largest absolute Gasteiger partial charge is 0.493 e. The van der Waals surface area contributed by atoms with E-state index in [4.69, 9.17) is 14.6 Å². The molecule has 0 spiro atoms. The Hall–Kier alpha value is -4.91. The molecule has 0 fully saturated rings. The van der Waals surface area contributed by atoms with Gasteiger partial charge in [0, 0.05) is 12.1 Å². The second-order valence-corrected chi connectivity index (χ2v) is 9.52. The zero-order valence-corrected chi connectivity index (χ0v) is 22.7. The van der Waals surface area contributed by atoms with Crippen LogP contribution in [0.4, 0.5) is 4.39 Å². The van der Waals surface area contributed by atoms with Crippen molar-refractivity contribution in [2.45, 2.75) is 26.9 Å². The number of aryl methyl sites for hydroxylation is 2. The lowest BCUT2D eigenvalue weighted by Crippen LogP contribution is -2.30. The van der Waals surface area contributed by atoms with Crippen LogP contribution >= 0.6 is 0 Å². The zero-order chi connectivity index (χ0) is 28.1. The molecule has 0 aliphatic rings. The fourth-order valence-corrected chi connectivity index (χ4v) is 4.46. The van der Waals surface area contributed by atoms with Gasteiger partial charge in [0.1, 0.15) is 5.82 Å². The van der Waals surface area contributed by atoms with Crippen molar-refractivity contribution in [3.8, 4) is 23.1 Å². The lowest BCUT2D eigenvalue weighted by molar-refractivity contribution is 0.0729. The standard InChI is InChI=1S/C33H30FN3O3/c1-23-13-17-26(18-14-23)32(38)36(21-25-15-19-27(34)20-16-25)22-29-24(2)35-37(28-9-5-4-6-10-28)33(29)40-31-12-8-7-11-30(31)39-3/h4-20H,21-22H2,1-3H3. The molecule has 0 aliphatic heterocycles. The van der Waals surface area contributed by atoms with Gasteiger partial charge >= 0.3 is 0 Å². The van der Waals surface area contributed by atoms with Gasteiger partial charge in [0.25, 0.3) is 5.91 Å². The number of halogens is 1. The minimum absolute atomic E-state index is 0.153. The molecule has 1 amide bonds. The highest BCUT2D eigenvalue weighted by atomic mass is 19.1. The number of aromatic nitrogens is 2. The van der Waals surface area contributed by atoms with Crippen LogP contribution in [-0.4, -0.2) is 27.7 Å². The van der Waals surface area contributed by atoms with Gasteiger partial charge in [-0.05, 0) is 67.9 Å². The summed E-state index contributed by atoms with van der Waals surface area (Å²) >= 11 is 0. The number of benzene rings is 4. The van der Waals surface area contributed by atoms with E-state index in [9.17, 15) is 9.18 Å². The van der Waals surface area contributed by atoms with Gasteiger partial charge in [-0.2, -0.15) is 5.10 Å². The van der Waals surface area contributed by atoms with E-state index in [1.54, 1.807) is 28.8 Å². The molecule has 0 aliphatic carbocycles. The maximum atomic E-state index is 13.9. The Morgan fingerprint density at radius 3 is 2.15 bits per heavy atom. The zero-order valence-electron chi connectivity index (χ0n) is 22.7. The summed E-state index contributed by atoms with van der Waals surface area (Å²) in [6.45, 7) is 4.37. The Bertz CT molecular complexity index is 1600. The van der Waals surface area contributed by atoms with Crippen molar-refractivity contribution < 1.29 is 18.7 Å². The SMILES string of the molecule is COc1ccccc1Oc1c(CN(Cc2ccc(F)cc2)C(=O)c2ccc(C)cc2)c(C)nn1-c1ccccc1. The summed E-state index contributed by atoms with van der Waals surface area (Å²) in [5, 5.41) is 4.81. The molecule has 202 valence electrons. The Labute approximate surface area is 233 Å². The molecule has 0 bridgehead atoms. The fraction of sp³-hybridized carbons (Fsp3) is 0.152. The minimum atomic E-state index is -0.326. The molecular formula is C33H30FN3O3. The van der Waals surface area contributed by atoms with E-state index in [2.05, 4.69) is 0 Å². The van der Waals surface area contributed by atoms with E-state index >= 15 is 0 Å². The minimum Gasteiger partial charge on any atom is -0.493 e. The van der Waals surface area contributed by atoms with Gasteiger partial charge in [0.2, 0.25) is 5.88 Å². The smallest absolute Gasteiger partial charge is 0.254 e. The van der Waals surface area contributed by atoms with Crippen molar-refractivity contribution in [1.82, 2.24) is 14.7 Å². The molecule has 0 N–H and O–H groups in total. The maximum Gasteiger partial charge on any atom is 0.254 e. The summed E-state index contributed by atoms with van der Waals surface area (Å²) in [6, 6.07) is 30.7. The number of ether oxygens (including phenoxy) is 2. The lowest BCUT2D eigenvalue weighted by Gasteiger charge is -2.24. The number of amides is 1. The average molecular weight is 536 g/mol. The van der Waals surface area contributed by atoms with E-state index in [1.807, 2.05) is 92.7 Å². The quantitative estimate of drug-likeness (QED) is 0.199. The molecule has 1 heterocycles. The normalized spacial score (nSPS) is 10.8. The predicted molar refractivity (Wildman–Crippen MR) is 153 cm³/mol. The van der Waals surface area contributed by atoms with Crippen LogP contribution < -0.4 is 9.47 Å². The molecule has 0 unspecified atom stereocenters. The number of methoxy groups -OCH3 is 1. The molecule has 1 aromatic heterocycles. The number of hydrogen-bond acceptors (Lipinski definition) is 4. The first-order chi connectivity index (χ1) is 19.4. The molecule has 6 nitrogen and oxygen atoms in total. The molecule has 4 aromatic carbocycles. The average Bonchev–Trinajstić information content (AvgIpc) is 3.28. The first-order valence-corrected chi connectivity index (χ1v) is 13.0. The number of para-hydroxylation sites is 3. The highest BCUT2D eigenvalue weighted by molar-refractivity contribution is 5.94. The highest BCUT2D eigenvalue weighted by Crippen LogP contribution is 2.36. The number of nitrogens with zero attached hydrogens (tertiary/aromatic N) is 3. The third-order valence-corrected chi connectivity index (χ3v) is 6.64. The van der Waals surface area contributed by atoms with E-state index in [-0.39, 0.29) is 24.8 Å². The molecule has 0 atom stereocenters. The molecule has 5 aromatic rings. The van der Waals surface area contributed by atoms with Crippen LogP contribution in [0.2, 0.25) is 0 Å². The van der Waals surface area contributed by atoms with Gasteiger partial charge < -0.3 is 14.4 Å². The monoisotopic (exact) mass is 535 g/mol. The van der Waals surface area contributed by atoms with Crippen molar-refractivity contribution >= 4 is 5.91 Å². The molecule has 40 heavy (non-hydrogen) atoms. The van der Waals surface area contributed by atoms with Crippen molar-refractivity contribution in [2.24, 2.45) is 0 Å². The Morgan fingerprint density at radius 1 is 0.825 bits per heavy atom. The van der Waals surface area contributed by atoms with E-state index < -0.39 is 0 Å². The molecule has 5 rings (SSSR count). The number of carbonyl (C=O) groups is 1. The van der Waals surface area contributed by atoms with E-state index in [0.717, 1.165) is 28.1 Å². The second-order valence-electron chi connectivity index (χ2n) is 9.52. The third-order valence-electron chi connectivity index (χ3n) is 6.64. The van der Waals surface area contributed by atoms with Gasteiger partial charge in [-0.1, -0.05) is 60.2 Å². The Kier molecular flexibility index (Phi) is 7.92. The lowest BCUT2D eigenvalue weighted by atomic mass is 10.1. The van der Waals surface area contributed by atoms with Gasteiger partial charge in [0.15, 0.2) is 11.5 Å². The van der Waals surface area contributed by atoms with Crippen LogP contribution in [-0.2, 0) is 13.1 Å². The summed E-state index contributed by atoms with van der Waals surface area (Å²) in [6.07, 6.45) is 0. The van der Waals surface area contributed by atoms with Crippen molar-refractivity contribution in [3.63, 3.8) is 0 Å². The van der Waals surface area contributed by atoms with Crippen LogP contribution in [0.15, 0.2) is 103 Å². The molecular weight excluding hydrogens is 505 g/mol. The Morgan fingerprint density at radius 2 is 1.48 bits per heavy atom. The molecule has 7 heteroatoms. The van der Waals surface area contributed by atoms with Gasteiger partial charge in [0.05, 0.1) is 30.6 Å². The maximum absolute atomic E-state index is 13.9.